The number of hydrogen-bond donors (Lipinski definition) is 2. The molecule has 6 nitrogen and oxygen atoms in total. The first-order valence-corrected chi connectivity index (χ1v) is 6.72. The molecule has 0 aliphatic heterocycles. The third-order valence-corrected chi connectivity index (χ3v) is 3.04. The Labute approximate surface area is 118 Å². The molecule has 0 heterocycles. The summed E-state index contributed by atoms with van der Waals surface area (Å²) in [5, 5.41) is 16.7. The summed E-state index contributed by atoms with van der Waals surface area (Å²) in [6.45, 7) is 6.11. The van der Waals surface area contributed by atoms with Gasteiger partial charge in [-0.15, -0.1) is 0 Å². The van der Waals surface area contributed by atoms with Gasteiger partial charge in [0, 0.05) is 25.1 Å². The van der Waals surface area contributed by atoms with Gasteiger partial charge in [-0.25, -0.2) is 0 Å². The number of benzene rings is 1. The summed E-state index contributed by atoms with van der Waals surface area (Å²) >= 11 is 0. The van der Waals surface area contributed by atoms with Crippen LogP contribution in [0.1, 0.15) is 32.3 Å². The zero-order valence-corrected chi connectivity index (χ0v) is 12.1. The largest absolute Gasteiger partial charge is 0.379 e. The highest BCUT2D eigenvalue weighted by Gasteiger charge is 2.13. The van der Waals surface area contributed by atoms with E-state index in [-0.39, 0.29) is 24.1 Å². The summed E-state index contributed by atoms with van der Waals surface area (Å²) in [5.74, 6) is -0.0541. The van der Waals surface area contributed by atoms with E-state index in [4.69, 9.17) is 0 Å². The average molecular weight is 279 g/mol. The molecule has 0 fully saturated rings. The van der Waals surface area contributed by atoms with Crippen LogP contribution in [0, 0.1) is 17.0 Å². The lowest BCUT2D eigenvalue weighted by atomic mass is 10.2. The van der Waals surface area contributed by atoms with Crippen molar-refractivity contribution in [1.82, 2.24) is 5.32 Å². The summed E-state index contributed by atoms with van der Waals surface area (Å²) in [6.07, 6.45) is 1.16. The molecule has 2 N–H and O–H groups in total. The predicted molar refractivity (Wildman–Crippen MR) is 78.8 cm³/mol. The van der Waals surface area contributed by atoms with Crippen LogP contribution in [0.3, 0.4) is 0 Å². The van der Waals surface area contributed by atoms with Gasteiger partial charge in [0.05, 0.1) is 4.92 Å². The number of hydrogen-bond acceptors (Lipinski definition) is 4. The number of nitro benzene ring substituents is 1. The van der Waals surface area contributed by atoms with Gasteiger partial charge in [0.1, 0.15) is 5.69 Å². The molecular formula is C14H21N3O3. The van der Waals surface area contributed by atoms with Gasteiger partial charge >= 0.3 is 0 Å². The Morgan fingerprint density at radius 3 is 2.75 bits per heavy atom. The molecule has 0 spiro atoms. The minimum Gasteiger partial charge on any atom is -0.379 e. The summed E-state index contributed by atoms with van der Waals surface area (Å²) in [6, 6.07) is 5.13. The van der Waals surface area contributed by atoms with E-state index in [2.05, 4.69) is 10.6 Å². The van der Waals surface area contributed by atoms with Crippen LogP contribution in [-0.2, 0) is 4.79 Å². The molecule has 0 bridgehead atoms. The topological polar surface area (TPSA) is 84.3 Å². The maximum Gasteiger partial charge on any atom is 0.292 e. The Hall–Kier alpha value is -2.11. The molecule has 1 rings (SSSR count). The smallest absolute Gasteiger partial charge is 0.292 e. The van der Waals surface area contributed by atoms with Gasteiger partial charge in [0.15, 0.2) is 0 Å². The SMILES string of the molecule is CCC(C)NC(=O)CCNc1ccc(C)cc1[N+](=O)[O-]. The summed E-state index contributed by atoms with van der Waals surface area (Å²) in [4.78, 5) is 22.1. The van der Waals surface area contributed by atoms with Crippen LogP contribution in [0.2, 0.25) is 0 Å². The van der Waals surface area contributed by atoms with Crippen LogP contribution >= 0.6 is 0 Å². The van der Waals surface area contributed by atoms with Gasteiger partial charge < -0.3 is 10.6 Å². The Balaban J connectivity index is 2.54. The molecule has 1 unspecified atom stereocenters. The first kappa shape index (κ1) is 15.9. The molecule has 1 aromatic carbocycles. The van der Waals surface area contributed by atoms with Gasteiger partial charge in [0.2, 0.25) is 5.91 Å². The maximum atomic E-state index is 11.6. The van der Waals surface area contributed by atoms with Gasteiger partial charge in [-0.2, -0.15) is 0 Å². The van der Waals surface area contributed by atoms with Crippen LogP contribution < -0.4 is 10.6 Å². The molecule has 0 aliphatic rings. The molecule has 0 saturated heterocycles. The average Bonchev–Trinajstić information content (AvgIpc) is 2.39. The highest BCUT2D eigenvalue weighted by Crippen LogP contribution is 2.25. The van der Waals surface area contributed by atoms with Crippen molar-refractivity contribution in [3.05, 3.63) is 33.9 Å². The lowest BCUT2D eigenvalue weighted by molar-refractivity contribution is -0.384. The third kappa shape index (κ3) is 4.87. The van der Waals surface area contributed by atoms with Crippen molar-refractivity contribution in [3.8, 4) is 0 Å². The Morgan fingerprint density at radius 2 is 2.15 bits per heavy atom. The van der Waals surface area contributed by atoms with Crippen molar-refractivity contribution in [2.24, 2.45) is 0 Å². The number of nitro groups is 1. The molecule has 1 amide bonds. The molecule has 1 atom stereocenters. The number of carbonyl (C=O) groups excluding carboxylic acids is 1. The van der Waals surface area contributed by atoms with Crippen LogP contribution in [-0.4, -0.2) is 23.4 Å². The number of rotatable bonds is 7. The summed E-state index contributed by atoms with van der Waals surface area (Å²) < 4.78 is 0. The lowest BCUT2D eigenvalue weighted by Crippen LogP contribution is -2.32. The highest BCUT2D eigenvalue weighted by molar-refractivity contribution is 5.77. The van der Waals surface area contributed by atoms with Crippen molar-refractivity contribution in [2.45, 2.75) is 39.7 Å². The Morgan fingerprint density at radius 1 is 1.45 bits per heavy atom. The zero-order valence-electron chi connectivity index (χ0n) is 12.1. The fourth-order valence-electron chi connectivity index (χ4n) is 1.70. The normalized spacial score (nSPS) is 11.8. The molecule has 0 aromatic heterocycles. The molecule has 6 heteroatoms. The van der Waals surface area contributed by atoms with E-state index in [1.807, 2.05) is 13.8 Å². The summed E-state index contributed by atoms with van der Waals surface area (Å²) in [7, 11) is 0. The second kappa shape index (κ2) is 7.47. The Kier molecular flexibility index (Phi) is 5.96. The maximum absolute atomic E-state index is 11.6. The van der Waals surface area contributed by atoms with Crippen molar-refractivity contribution in [2.75, 3.05) is 11.9 Å². The molecule has 20 heavy (non-hydrogen) atoms. The van der Waals surface area contributed by atoms with Gasteiger partial charge in [-0.3, -0.25) is 14.9 Å². The molecule has 1 aromatic rings. The van der Waals surface area contributed by atoms with E-state index < -0.39 is 4.92 Å². The first-order chi connectivity index (χ1) is 9.43. The highest BCUT2D eigenvalue weighted by atomic mass is 16.6. The van der Waals surface area contributed by atoms with E-state index in [1.54, 1.807) is 19.1 Å². The number of nitrogens with one attached hydrogen (secondary N) is 2. The van der Waals surface area contributed by atoms with Crippen molar-refractivity contribution < 1.29 is 9.72 Å². The van der Waals surface area contributed by atoms with Gasteiger partial charge in [0.25, 0.3) is 5.69 Å². The quantitative estimate of drug-likeness (QED) is 0.593. The van der Waals surface area contributed by atoms with Gasteiger partial charge in [-0.05, 0) is 31.9 Å². The second-order valence-corrected chi connectivity index (χ2v) is 4.83. The fourth-order valence-corrected chi connectivity index (χ4v) is 1.70. The van der Waals surface area contributed by atoms with Crippen molar-refractivity contribution >= 4 is 17.3 Å². The third-order valence-electron chi connectivity index (χ3n) is 3.04. The zero-order chi connectivity index (χ0) is 15.1. The molecule has 110 valence electrons. The second-order valence-electron chi connectivity index (χ2n) is 4.83. The monoisotopic (exact) mass is 279 g/mol. The van der Waals surface area contributed by atoms with E-state index >= 15 is 0 Å². The van der Waals surface area contributed by atoms with Crippen LogP contribution in [0.15, 0.2) is 18.2 Å². The van der Waals surface area contributed by atoms with Crippen molar-refractivity contribution in [3.63, 3.8) is 0 Å². The molecule has 0 saturated carbocycles. The van der Waals surface area contributed by atoms with Crippen LogP contribution in [0.4, 0.5) is 11.4 Å². The predicted octanol–water partition coefficient (Wildman–Crippen LogP) is 2.62. The lowest BCUT2D eigenvalue weighted by Gasteiger charge is -2.12. The van der Waals surface area contributed by atoms with E-state index in [0.29, 0.717) is 12.2 Å². The van der Waals surface area contributed by atoms with Crippen LogP contribution in [0.5, 0.6) is 0 Å². The standard InChI is InChI=1S/C14H21N3O3/c1-4-11(3)16-14(18)7-8-15-12-6-5-10(2)9-13(12)17(19)20/h5-6,9,11,15H,4,7-8H2,1-3H3,(H,16,18). The number of nitrogens with zero attached hydrogens (tertiary/aromatic N) is 1. The number of anilines is 1. The van der Waals surface area contributed by atoms with E-state index in [1.165, 1.54) is 6.07 Å². The van der Waals surface area contributed by atoms with E-state index in [9.17, 15) is 14.9 Å². The molecule has 0 aliphatic carbocycles. The molecule has 0 radical (unpaired) electrons. The minimum absolute atomic E-state index is 0.0346. The fraction of sp³-hybridized carbons (Fsp3) is 0.500. The number of carbonyl (C=O) groups is 1. The number of aryl methyl sites for hydroxylation is 1. The minimum atomic E-state index is -0.422. The van der Waals surface area contributed by atoms with Gasteiger partial charge in [-0.1, -0.05) is 13.0 Å². The number of amides is 1. The molecular weight excluding hydrogens is 258 g/mol. The summed E-state index contributed by atoms with van der Waals surface area (Å²) in [5.41, 5.74) is 1.31. The van der Waals surface area contributed by atoms with Crippen molar-refractivity contribution in [1.29, 1.82) is 0 Å². The first-order valence-electron chi connectivity index (χ1n) is 6.72. The Bertz CT molecular complexity index is 489. The van der Waals surface area contributed by atoms with Crippen LogP contribution in [0.25, 0.3) is 0 Å². The van der Waals surface area contributed by atoms with E-state index in [0.717, 1.165) is 12.0 Å².